The first-order valence-corrected chi connectivity index (χ1v) is 8.53. The standard InChI is InChI=1S/C13H19N3O5S/c1-22(20,21)7-6-11(14)12(17)15-8-9-2-4-10(5-3-9)16-13(18)19/h2-5,11,16H,6-8,14H2,1H3,(H,15,17)(H,18,19)/t11-/m0/s1. The molecular weight excluding hydrogens is 310 g/mol. The number of hydrogen-bond acceptors (Lipinski definition) is 5. The van der Waals surface area contributed by atoms with Crippen molar-refractivity contribution in [1.29, 1.82) is 0 Å². The van der Waals surface area contributed by atoms with E-state index < -0.39 is 27.9 Å². The monoisotopic (exact) mass is 329 g/mol. The highest BCUT2D eigenvalue weighted by molar-refractivity contribution is 7.90. The molecule has 1 aromatic carbocycles. The normalized spacial score (nSPS) is 12.5. The van der Waals surface area contributed by atoms with Gasteiger partial charge in [0, 0.05) is 18.5 Å². The van der Waals surface area contributed by atoms with Gasteiger partial charge in [0.15, 0.2) is 0 Å². The van der Waals surface area contributed by atoms with Gasteiger partial charge >= 0.3 is 6.09 Å². The maximum atomic E-state index is 11.7. The predicted molar refractivity (Wildman–Crippen MR) is 82.2 cm³/mol. The summed E-state index contributed by atoms with van der Waals surface area (Å²) in [5, 5.41) is 13.4. The maximum Gasteiger partial charge on any atom is 0.409 e. The van der Waals surface area contributed by atoms with E-state index in [1.54, 1.807) is 24.3 Å². The van der Waals surface area contributed by atoms with E-state index >= 15 is 0 Å². The van der Waals surface area contributed by atoms with Crippen LogP contribution >= 0.6 is 0 Å². The Bertz CT molecular complexity index is 628. The summed E-state index contributed by atoms with van der Waals surface area (Å²) in [6, 6.07) is 5.57. The molecule has 2 amide bonds. The van der Waals surface area contributed by atoms with Crippen LogP contribution < -0.4 is 16.4 Å². The minimum atomic E-state index is -3.15. The number of carboxylic acid groups (broad SMARTS) is 1. The fourth-order valence-electron chi connectivity index (χ4n) is 1.62. The van der Waals surface area contributed by atoms with Gasteiger partial charge in [-0.05, 0) is 24.1 Å². The average Bonchev–Trinajstić information content (AvgIpc) is 2.42. The highest BCUT2D eigenvalue weighted by Gasteiger charge is 2.15. The summed E-state index contributed by atoms with van der Waals surface area (Å²) in [4.78, 5) is 22.2. The molecule has 0 spiro atoms. The first kappa shape index (κ1) is 17.9. The van der Waals surface area contributed by atoms with Crippen molar-refractivity contribution in [2.45, 2.75) is 19.0 Å². The lowest BCUT2D eigenvalue weighted by Gasteiger charge is -2.12. The lowest BCUT2D eigenvalue weighted by Crippen LogP contribution is -2.41. The van der Waals surface area contributed by atoms with Gasteiger partial charge in [0.2, 0.25) is 5.91 Å². The van der Waals surface area contributed by atoms with Crippen molar-refractivity contribution >= 4 is 27.5 Å². The Morgan fingerprint density at radius 3 is 2.36 bits per heavy atom. The third-order valence-corrected chi connectivity index (χ3v) is 3.79. The number of amides is 2. The summed E-state index contributed by atoms with van der Waals surface area (Å²) in [7, 11) is -3.15. The molecule has 0 bridgehead atoms. The molecule has 0 aliphatic heterocycles. The van der Waals surface area contributed by atoms with E-state index in [4.69, 9.17) is 10.8 Å². The van der Waals surface area contributed by atoms with Crippen LogP contribution in [0.15, 0.2) is 24.3 Å². The van der Waals surface area contributed by atoms with Crippen LogP contribution in [0.3, 0.4) is 0 Å². The third-order valence-electron chi connectivity index (χ3n) is 2.81. The Kier molecular flexibility index (Phi) is 6.32. The van der Waals surface area contributed by atoms with Crippen molar-refractivity contribution in [3.63, 3.8) is 0 Å². The fourth-order valence-corrected chi connectivity index (χ4v) is 2.30. The molecule has 9 heteroatoms. The Morgan fingerprint density at radius 2 is 1.86 bits per heavy atom. The van der Waals surface area contributed by atoms with Crippen molar-refractivity contribution < 1.29 is 23.1 Å². The number of carbonyl (C=O) groups is 2. The second-order valence-corrected chi connectivity index (χ2v) is 7.13. The highest BCUT2D eigenvalue weighted by Crippen LogP contribution is 2.09. The molecule has 0 aliphatic rings. The van der Waals surface area contributed by atoms with E-state index in [9.17, 15) is 18.0 Å². The molecule has 0 aliphatic carbocycles. The summed E-state index contributed by atoms with van der Waals surface area (Å²) in [6.45, 7) is 0.221. The molecule has 1 rings (SSSR count). The second kappa shape index (κ2) is 7.76. The molecule has 0 fully saturated rings. The van der Waals surface area contributed by atoms with Crippen LogP contribution in [0.5, 0.6) is 0 Å². The van der Waals surface area contributed by atoms with Gasteiger partial charge < -0.3 is 16.2 Å². The first-order chi connectivity index (χ1) is 10.2. The Hall–Kier alpha value is -2.13. The number of carbonyl (C=O) groups excluding carboxylic acids is 1. The molecule has 1 aromatic rings. The Balaban J connectivity index is 2.44. The van der Waals surface area contributed by atoms with Gasteiger partial charge in [0.25, 0.3) is 0 Å². The van der Waals surface area contributed by atoms with Gasteiger partial charge in [0.05, 0.1) is 11.8 Å². The summed E-state index contributed by atoms with van der Waals surface area (Å²) in [6.07, 6.45) is -0.00544. The largest absolute Gasteiger partial charge is 0.465 e. The molecule has 5 N–H and O–H groups in total. The van der Waals surface area contributed by atoms with E-state index in [-0.39, 0.29) is 18.7 Å². The molecule has 1 atom stereocenters. The summed E-state index contributed by atoms with van der Waals surface area (Å²) < 4.78 is 22.0. The van der Waals surface area contributed by atoms with Gasteiger partial charge in [-0.3, -0.25) is 10.1 Å². The number of rotatable bonds is 7. The molecule has 0 aromatic heterocycles. The van der Waals surface area contributed by atoms with Crippen molar-refractivity contribution in [2.24, 2.45) is 5.73 Å². The fraction of sp³-hybridized carbons (Fsp3) is 0.385. The molecule has 0 unspecified atom stereocenters. The summed E-state index contributed by atoms with van der Waals surface area (Å²) >= 11 is 0. The zero-order valence-electron chi connectivity index (χ0n) is 12.1. The molecule has 0 saturated heterocycles. The van der Waals surface area contributed by atoms with Gasteiger partial charge in [-0.25, -0.2) is 13.2 Å². The number of hydrogen-bond donors (Lipinski definition) is 4. The molecule has 0 heterocycles. The van der Waals surface area contributed by atoms with Crippen molar-refractivity contribution in [3.05, 3.63) is 29.8 Å². The van der Waals surface area contributed by atoms with E-state index in [1.807, 2.05) is 0 Å². The molecule has 0 radical (unpaired) electrons. The third kappa shape index (κ3) is 7.04. The van der Waals surface area contributed by atoms with Gasteiger partial charge in [-0.1, -0.05) is 12.1 Å². The number of nitrogens with one attached hydrogen (secondary N) is 2. The predicted octanol–water partition coefficient (Wildman–Crippen LogP) is 0.155. The van der Waals surface area contributed by atoms with Crippen molar-refractivity contribution in [3.8, 4) is 0 Å². The van der Waals surface area contributed by atoms with Crippen LogP contribution in [0.2, 0.25) is 0 Å². The molecule has 0 saturated carbocycles. The second-order valence-electron chi connectivity index (χ2n) is 4.87. The van der Waals surface area contributed by atoms with Gasteiger partial charge in [0.1, 0.15) is 9.84 Å². The average molecular weight is 329 g/mol. The lowest BCUT2D eigenvalue weighted by atomic mass is 10.2. The Labute approximate surface area is 128 Å². The number of sulfone groups is 1. The number of anilines is 1. The zero-order valence-corrected chi connectivity index (χ0v) is 12.9. The molecule has 122 valence electrons. The van der Waals surface area contributed by atoms with Gasteiger partial charge in [-0.2, -0.15) is 0 Å². The summed E-state index contributed by atoms with van der Waals surface area (Å²) in [5.74, 6) is -0.576. The molecular formula is C13H19N3O5S. The zero-order chi connectivity index (χ0) is 16.8. The van der Waals surface area contributed by atoms with Gasteiger partial charge in [-0.15, -0.1) is 0 Å². The minimum absolute atomic E-state index is 0.0616. The van der Waals surface area contributed by atoms with E-state index in [0.717, 1.165) is 11.8 Å². The molecule has 8 nitrogen and oxygen atoms in total. The summed E-state index contributed by atoms with van der Waals surface area (Å²) in [5.41, 5.74) is 6.80. The van der Waals surface area contributed by atoms with Crippen LogP contribution in [-0.4, -0.2) is 43.6 Å². The van der Waals surface area contributed by atoms with Crippen LogP contribution in [-0.2, 0) is 21.2 Å². The quantitative estimate of drug-likeness (QED) is 0.562. The van der Waals surface area contributed by atoms with E-state index in [2.05, 4.69) is 10.6 Å². The first-order valence-electron chi connectivity index (χ1n) is 6.47. The molecule has 22 heavy (non-hydrogen) atoms. The van der Waals surface area contributed by atoms with Crippen LogP contribution in [0, 0.1) is 0 Å². The SMILES string of the molecule is CS(=O)(=O)CC[C@H](N)C(=O)NCc1ccc(NC(=O)O)cc1. The maximum absolute atomic E-state index is 11.7. The smallest absolute Gasteiger partial charge is 0.409 e. The van der Waals surface area contributed by atoms with Crippen molar-refractivity contribution in [1.82, 2.24) is 5.32 Å². The van der Waals surface area contributed by atoms with Crippen LogP contribution in [0.25, 0.3) is 0 Å². The van der Waals surface area contributed by atoms with Crippen molar-refractivity contribution in [2.75, 3.05) is 17.3 Å². The number of benzene rings is 1. The topological polar surface area (TPSA) is 139 Å². The van der Waals surface area contributed by atoms with E-state index in [1.165, 1.54) is 0 Å². The van der Waals surface area contributed by atoms with Crippen LogP contribution in [0.1, 0.15) is 12.0 Å². The Morgan fingerprint density at radius 1 is 1.27 bits per heavy atom. The number of nitrogens with two attached hydrogens (primary N) is 1. The van der Waals surface area contributed by atoms with E-state index in [0.29, 0.717) is 5.69 Å². The minimum Gasteiger partial charge on any atom is -0.465 e. The highest BCUT2D eigenvalue weighted by atomic mass is 32.2. The van der Waals surface area contributed by atoms with Crippen LogP contribution in [0.4, 0.5) is 10.5 Å². The lowest BCUT2D eigenvalue weighted by molar-refractivity contribution is -0.122.